The quantitative estimate of drug-likeness (QED) is 0.798. The molecule has 166 valence electrons. The molecule has 1 atom stereocenters. The molecule has 0 saturated carbocycles. The van der Waals surface area contributed by atoms with Gasteiger partial charge >= 0.3 is 0 Å². The molecule has 2 aromatic carbocycles. The van der Waals surface area contributed by atoms with Gasteiger partial charge in [-0.05, 0) is 75.2 Å². The van der Waals surface area contributed by atoms with Crippen LogP contribution in [-0.2, 0) is 16.8 Å². The third-order valence-corrected chi connectivity index (χ3v) is 6.55. The van der Waals surface area contributed by atoms with Gasteiger partial charge in [-0.1, -0.05) is 12.1 Å². The van der Waals surface area contributed by atoms with Gasteiger partial charge in [-0.25, -0.2) is 4.39 Å². The van der Waals surface area contributed by atoms with Crippen LogP contribution in [0.2, 0.25) is 0 Å². The van der Waals surface area contributed by atoms with Gasteiger partial charge in [0.2, 0.25) is 5.91 Å². The molecule has 2 aromatic rings. The average Bonchev–Trinajstić information content (AvgIpc) is 3.09. The molecule has 0 unspecified atom stereocenters. The molecule has 2 aliphatic rings. The highest BCUT2D eigenvalue weighted by Crippen LogP contribution is 2.32. The zero-order chi connectivity index (χ0) is 22.2. The van der Waals surface area contributed by atoms with E-state index in [1.807, 2.05) is 35.2 Å². The van der Waals surface area contributed by atoms with Gasteiger partial charge < -0.3 is 19.8 Å². The van der Waals surface area contributed by atoms with Crippen molar-refractivity contribution in [2.45, 2.75) is 32.3 Å². The van der Waals surface area contributed by atoms with Gasteiger partial charge in [0, 0.05) is 50.0 Å². The second-order valence-corrected chi connectivity index (χ2v) is 9.35. The van der Waals surface area contributed by atoms with Crippen molar-refractivity contribution in [1.29, 1.82) is 0 Å². The lowest BCUT2D eigenvalue weighted by Gasteiger charge is -2.35. The number of likely N-dealkylation sites (N-methyl/N-ethyl adjacent to an activating group) is 1. The zero-order valence-corrected chi connectivity index (χ0v) is 18.6. The lowest BCUT2D eigenvalue weighted by Crippen LogP contribution is -2.44. The van der Waals surface area contributed by atoms with Crippen molar-refractivity contribution in [2.75, 3.05) is 49.6 Å². The first-order chi connectivity index (χ1) is 14.7. The number of halogens is 1. The first-order valence-corrected chi connectivity index (χ1v) is 11.1. The fraction of sp³-hybridized carbons (Fsp3) is 0.480. The second kappa shape index (κ2) is 8.60. The molecule has 0 spiro atoms. The van der Waals surface area contributed by atoms with Gasteiger partial charge in [0.1, 0.15) is 5.82 Å². The van der Waals surface area contributed by atoms with E-state index in [1.165, 1.54) is 6.07 Å². The predicted molar refractivity (Wildman–Crippen MR) is 122 cm³/mol. The van der Waals surface area contributed by atoms with Crippen molar-refractivity contribution in [3.63, 3.8) is 0 Å². The van der Waals surface area contributed by atoms with E-state index in [4.69, 9.17) is 0 Å². The number of piperazine rings is 1. The Morgan fingerprint density at radius 1 is 1.03 bits per heavy atom. The first-order valence-electron chi connectivity index (χ1n) is 11.1. The molecule has 0 aromatic heterocycles. The summed E-state index contributed by atoms with van der Waals surface area (Å²) < 4.78 is 14.1. The van der Waals surface area contributed by atoms with Gasteiger partial charge in [-0.15, -0.1) is 0 Å². The van der Waals surface area contributed by atoms with Crippen molar-refractivity contribution in [1.82, 2.24) is 4.90 Å². The Morgan fingerprint density at radius 2 is 1.71 bits per heavy atom. The van der Waals surface area contributed by atoms with Crippen molar-refractivity contribution in [2.24, 2.45) is 5.92 Å². The summed E-state index contributed by atoms with van der Waals surface area (Å²) in [6.45, 7) is 7.93. The van der Waals surface area contributed by atoms with Crippen LogP contribution in [0.5, 0.6) is 0 Å². The normalized spacial score (nSPS) is 20.5. The Hall–Kier alpha value is -2.44. The van der Waals surface area contributed by atoms with Crippen LogP contribution in [0.4, 0.5) is 15.8 Å². The van der Waals surface area contributed by atoms with Gasteiger partial charge in [0.05, 0.1) is 5.60 Å². The van der Waals surface area contributed by atoms with Crippen molar-refractivity contribution in [3.05, 3.63) is 59.4 Å². The molecule has 0 bridgehead atoms. The SMILES string of the molecule is CN1CCN(c2ccc(F)cc2C[C@@H]2CCN(c3ccc(C(C)(C)O)cc3)C2=O)CC1. The number of carbonyl (C=O) groups is 1. The van der Waals surface area contributed by atoms with Crippen molar-refractivity contribution >= 4 is 17.3 Å². The molecule has 2 aliphatic heterocycles. The molecule has 0 radical (unpaired) electrons. The van der Waals surface area contributed by atoms with E-state index in [9.17, 15) is 14.3 Å². The maximum Gasteiger partial charge on any atom is 0.230 e. The number of hydrogen-bond acceptors (Lipinski definition) is 4. The lowest BCUT2D eigenvalue weighted by atomic mass is 9.96. The minimum absolute atomic E-state index is 0.0876. The summed E-state index contributed by atoms with van der Waals surface area (Å²) >= 11 is 0. The molecule has 1 amide bonds. The van der Waals surface area contributed by atoms with Crippen LogP contribution in [0.15, 0.2) is 42.5 Å². The fourth-order valence-corrected chi connectivity index (χ4v) is 4.57. The molecule has 4 rings (SSSR count). The molecular formula is C25H32FN3O2. The Kier molecular flexibility index (Phi) is 6.04. The summed E-state index contributed by atoms with van der Waals surface area (Å²) in [5.74, 6) is -0.316. The molecular weight excluding hydrogens is 393 g/mol. The summed E-state index contributed by atoms with van der Waals surface area (Å²) in [7, 11) is 2.11. The first kappa shape index (κ1) is 21.8. The highest BCUT2D eigenvalue weighted by Gasteiger charge is 2.33. The molecule has 6 heteroatoms. The van der Waals surface area contributed by atoms with E-state index in [1.54, 1.807) is 19.9 Å². The number of amides is 1. The van der Waals surface area contributed by atoms with Gasteiger partial charge in [0.25, 0.3) is 0 Å². The van der Waals surface area contributed by atoms with Crippen molar-refractivity contribution < 1.29 is 14.3 Å². The Bertz CT molecular complexity index is 931. The van der Waals surface area contributed by atoms with E-state index >= 15 is 0 Å². The van der Waals surface area contributed by atoms with Crippen LogP contribution in [0.3, 0.4) is 0 Å². The molecule has 2 fully saturated rings. The smallest absolute Gasteiger partial charge is 0.230 e. The Labute approximate surface area is 184 Å². The number of anilines is 2. The van der Waals surface area contributed by atoms with E-state index in [0.717, 1.165) is 55.1 Å². The van der Waals surface area contributed by atoms with E-state index in [0.29, 0.717) is 13.0 Å². The Balaban J connectivity index is 1.49. The van der Waals surface area contributed by atoms with Crippen LogP contribution in [0.25, 0.3) is 0 Å². The monoisotopic (exact) mass is 425 g/mol. The topological polar surface area (TPSA) is 47.0 Å². The lowest BCUT2D eigenvalue weighted by molar-refractivity contribution is -0.120. The fourth-order valence-electron chi connectivity index (χ4n) is 4.57. The van der Waals surface area contributed by atoms with Crippen LogP contribution in [0.1, 0.15) is 31.4 Å². The second-order valence-electron chi connectivity index (χ2n) is 9.35. The number of carbonyl (C=O) groups excluding carboxylic acids is 1. The van der Waals surface area contributed by atoms with Crippen LogP contribution in [0, 0.1) is 11.7 Å². The zero-order valence-electron chi connectivity index (χ0n) is 18.6. The molecule has 5 nitrogen and oxygen atoms in total. The van der Waals surface area contributed by atoms with Gasteiger partial charge in [0.15, 0.2) is 0 Å². The van der Waals surface area contributed by atoms with Crippen molar-refractivity contribution in [3.8, 4) is 0 Å². The molecule has 2 saturated heterocycles. The molecule has 1 N–H and O–H groups in total. The summed E-state index contributed by atoms with van der Waals surface area (Å²) in [4.78, 5) is 19.6. The third-order valence-electron chi connectivity index (χ3n) is 6.55. The number of nitrogens with zero attached hydrogens (tertiary/aromatic N) is 3. The minimum Gasteiger partial charge on any atom is -0.386 e. The highest BCUT2D eigenvalue weighted by atomic mass is 19.1. The third kappa shape index (κ3) is 4.75. The van der Waals surface area contributed by atoms with E-state index in [-0.39, 0.29) is 17.6 Å². The summed E-state index contributed by atoms with van der Waals surface area (Å²) in [5, 5.41) is 10.2. The van der Waals surface area contributed by atoms with Crippen LogP contribution in [-0.4, -0.2) is 55.7 Å². The van der Waals surface area contributed by atoms with E-state index < -0.39 is 5.60 Å². The highest BCUT2D eigenvalue weighted by molar-refractivity contribution is 5.97. The summed E-state index contributed by atoms with van der Waals surface area (Å²) in [6.07, 6.45) is 1.31. The van der Waals surface area contributed by atoms with Crippen LogP contribution < -0.4 is 9.80 Å². The Morgan fingerprint density at radius 3 is 2.35 bits per heavy atom. The number of aliphatic hydroxyl groups is 1. The number of hydrogen-bond donors (Lipinski definition) is 1. The summed E-state index contributed by atoms with van der Waals surface area (Å²) in [5.41, 5.74) is 2.72. The number of rotatable bonds is 5. The maximum atomic E-state index is 14.1. The molecule has 0 aliphatic carbocycles. The average molecular weight is 426 g/mol. The number of benzene rings is 2. The van der Waals surface area contributed by atoms with Crippen LogP contribution >= 0.6 is 0 Å². The molecule has 2 heterocycles. The van der Waals surface area contributed by atoms with Gasteiger partial charge in [-0.2, -0.15) is 0 Å². The largest absolute Gasteiger partial charge is 0.386 e. The van der Waals surface area contributed by atoms with E-state index in [2.05, 4.69) is 16.8 Å². The minimum atomic E-state index is -0.910. The molecule has 31 heavy (non-hydrogen) atoms. The maximum absolute atomic E-state index is 14.1. The predicted octanol–water partition coefficient (Wildman–Crippen LogP) is 3.40. The van der Waals surface area contributed by atoms with Gasteiger partial charge in [-0.3, -0.25) is 4.79 Å². The standard InChI is InChI=1S/C25H32FN3O2/c1-25(2,31)20-4-7-22(8-5-20)29-11-10-18(24(29)30)16-19-17-21(26)6-9-23(19)28-14-12-27(3)13-15-28/h4-9,17-18,31H,10-16H2,1-3H3/t18-/m0/s1. The summed E-state index contributed by atoms with van der Waals surface area (Å²) in [6, 6.07) is 12.5.